The molecule has 4 aliphatic rings. The van der Waals surface area contributed by atoms with Gasteiger partial charge in [0, 0.05) is 24.2 Å². The minimum atomic E-state index is -0.655. The van der Waals surface area contributed by atoms with Gasteiger partial charge in [-0.3, -0.25) is 4.79 Å². The van der Waals surface area contributed by atoms with Crippen LogP contribution >= 0.6 is 0 Å². The monoisotopic (exact) mass is 488 g/mol. The van der Waals surface area contributed by atoms with Crippen molar-refractivity contribution in [3.63, 3.8) is 0 Å². The number of aliphatic hydroxyl groups excluding tert-OH is 3. The van der Waals surface area contributed by atoms with Crippen molar-refractivity contribution in [1.82, 2.24) is 0 Å². The Hall–Kier alpha value is -1.17. The summed E-state index contributed by atoms with van der Waals surface area (Å²) >= 11 is 0. The fourth-order valence-electron chi connectivity index (χ4n) is 8.65. The zero-order chi connectivity index (χ0) is 25.7. The summed E-state index contributed by atoms with van der Waals surface area (Å²) in [5, 5.41) is 33.3. The van der Waals surface area contributed by atoms with Crippen LogP contribution in [0.25, 0.3) is 0 Å². The molecule has 198 valence electrons. The molecule has 0 amide bonds. The van der Waals surface area contributed by atoms with E-state index in [2.05, 4.69) is 52.8 Å². The molecule has 0 aromatic heterocycles. The van der Waals surface area contributed by atoms with Crippen LogP contribution in [0.2, 0.25) is 0 Å². The second kappa shape index (κ2) is 9.95. The second-order valence-corrected chi connectivity index (χ2v) is 13.0. The first-order valence-electron chi connectivity index (χ1n) is 14.0. The van der Waals surface area contributed by atoms with Crippen LogP contribution in [0, 0.1) is 52.3 Å². The van der Waals surface area contributed by atoms with E-state index in [0.717, 1.165) is 24.8 Å². The predicted octanol–water partition coefficient (Wildman–Crippen LogP) is 4.90. The zero-order valence-corrected chi connectivity index (χ0v) is 22.6. The Morgan fingerprint density at radius 1 is 1.17 bits per heavy atom. The number of rotatable bonds is 6. The normalized spacial score (nSPS) is 44.9. The van der Waals surface area contributed by atoms with Gasteiger partial charge in [-0.05, 0) is 73.5 Å². The molecule has 0 bridgehead atoms. The van der Waals surface area contributed by atoms with E-state index in [4.69, 9.17) is 4.74 Å². The van der Waals surface area contributed by atoms with Gasteiger partial charge in [-0.2, -0.15) is 0 Å². The molecule has 3 N–H and O–H groups in total. The molecule has 5 nitrogen and oxygen atoms in total. The molecule has 11 atom stereocenters. The summed E-state index contributed by atoms with van der Waals surface area (Å²) in [5.74, 6) is 2.06. The summed E-state index contributed by atoms with van der Waals surface area (Å²) in [6.45, 7) is 13.0. The molecule has 0 saturated heterocycles. The number of esters is 1. The molecule has 4 rings (SSSR count). The quantitative estimate of drug-likeness (QED) is 0.366. The minimum absolute atomic E-state index is 0.0361. The van der Waals surface area contributed by atoms with Crippen molar-refractivity contribution >= 4 is 5.97 Å². The standard InChI is InChI=1S/C30H48O5/c1-17(2)18(3)7-8-19(4)24-11-12-25-23-10-9-21-13-22(32)14-27(34)29(21,6)28(23)26(33)15-30(24,25)16-35-20(5)31/h7-9,17-19,22-28,32-34H,10-16H2,1-6H3. The van der Waals surface area contributed by atoms with Crippen molar-refractivity contribution in [3.8, 4) is 0 Å². The van der Waals surface area contributed by atoms with E-state index in [9.17, 15) is 20.1 Å². The molecule has 0 aromatic rings. The maximum atomic E-state index is 12.0. The lowest BCUT2D eigenvalue weighted by Gasteiger charge is -2.61. The summed E-state index contributed by atoms with van der Waals surface area (Å²) < 4.78 is 5.75. The van der Waals surface area contributed by atoms with Gasteiger partial charge in [0.15, 0.2) is 0 Å². The number of carbonyl (C=O) groups is 1. The molecule has 0 aliphatic heterocycles. The Morgan fingerprint density at radius 2 is 1.89 bits per heavy atom. The van der Waals surface area contributed by atoms with Crippen molar-refractivity contribution in [2.24, 2.45) is 52.3 Å². The van der Waals surface area contributed by atoms with Gasteiger partial charge in [-0.25, -0.2) is 0 Å². The number of ether oxygens (including phenoxy) is 1. The first kappa shape index (κ1) is 26.9. The molecule has 5 heteroatoms. The lowest BCUT2D eigenvalue weighted by Crippen LogP contribution is -2.61. The van der Waals surface area contributed by atoms with Gasteiger partial charge in [0.25, 0.3) is 0 Å². The van der Waals surface area contributed by atoms with Gasteiger partial charge in [-0.15, -0.1) is 0 Å². The van der Waals surface area contributed by atoms with Crippen LogP contribution in [-0.2, 0) is 9.53 Å². The fourth-order valence-corrected chi connectivity index (χ4v) is 8.65. The highest BCUT2D eigenvalue weighted by atomic mass is 16.5. The summed E-state index contributed by atoms with van der Waals surface area (Å²) in [6, 6.07) is 0. The molecule has 3 saturated carbocycles. The average Bonchev–Trinajstić information content (AvgIpc) is 3.16. The summed E-state index contributed by atoms with van der Waals surface area (Å²) in [6.07, 6.45) is 9.76. The van der Waals surface area contributed by atoms with Gasteiger partial charge >= 0.3 is 5.97 Å². The molecule has 0 radical (unpaired) electrons. The van der Waals surface area contributed by atoms with E-state index < -0.39 is 23.7 Å². The Morgan fingerprint density at radius 3 is 2.54 bits per heavy atom. The lowest BCUT2D eigenvalue weighted by atomic mass is 9.45. The first-order chi connectivity index (χ1) is 16.4. The van der Waals surface area contributed by atoms with Crippen LogP contribution in [0.4, 0.5) is 0 Å². The topological polar surface area (TPSA) is 87.0 Å². The molecule has 11 unspecified atom stereocenters. The molecule has 35 heavy (non-hydrogen) atoms. The Bertz CT molecular complexity index is 848. The maximum absolute atomic E-state index is 12.0. The third kappa shape index (κ3) is 4.55. The van der Waals surface area contributed by atoms with Crippen LogP contribution in [-0.4, -0.2) is 46.2 Å². The van der Waals surface area contributed by atoms with Crippen molar-refractivity contribution in [1.29, 1.82) is 0 Å². The number of carbonyl (C=O) groups excluding carboxylic acids is 1. The second-order valence-electron chi connectivity index (χ2n) is 13.0. The molecule has 3 fully saturated rings. The third-order valence-corrected chi connectivity index (χ3v) is 10.9. The summed E-state index contributed by atoms with van der Waals surface area (Å²) in [4.78, 5) is 12.0. The van der Waals surface area contributed by atoms with E-state index in [1.54, 1.807) is 0 Å². The largest absolute Gasteiger partial charge is 0.465 e. The Labute approximate surface area is 212 Å². The third-order valence-electron chi connectivity index (χ3n) is 10.9. The van der Waals surface area contributed by atoms with E-state index >= 15 is 0 Å². The number of aliphatic hydroxyl groups is 3. The number of allylic oxidation sites excluding steroid dienone is 3. The van der Waals surface area contributed by atoms with Crippen LogP contribution in [0.3, 0.4) is 0 Å². The van der Waals surface area contributed by atoms with E-state index in [-0.39, 0.29) is 23.2 Å². The highest BCUT2D eigenvalue weighted by molar-refractivity contribution is 5.66. The zero-order valence-electron chi connectivity index (χ0n) is 22.6. The van der Waals surface area contributed by atoms with Gasteiger partial charge in [0.05, 0.1) is 24.9 Å². The summed E-state index contributed by atoms with van der Waals surface area (Å²) in [5.41, 5.74) is 0.355. The number of fused-ring (bicyclic) bond motifs is 5. The van der Waals surface area contributed by atoms with Crippen molar-refractivity contribution in [2.75, 3.05) is 6.61 Å². The lowest BCUT2D eigenvalue weighted by molar-refractivity contribution is -0.181. The Kier molecular flexibility index (Phi) is 7.64. The molecular weight excluding hydrogens is 440 g/mol. The van der Waals surface area contributed by atoms with Crippen molar-refractivity contribution < 1.29 is 24.9 Å². The smallest absolute Gasteiger partial charge is 0.302 e. The molecule has 0 spiro atoms. The van der Waals surface area contributed by atoms with Gasteiger partial charge < -0.3 is 20.1 Å². The Balaban J connectivity index is 1.69. The molecule has 0 heterocycles. The van der Waals surface area contributed by atoms with E-state index in [1.807, 2.05) is 0 Å². The van der Waals surface area contributed by atoms with Crippen LogP contribution in [0.5, 0.6) is 0 Å². The van der Waals surface area contributed by atoms with Crippen molar-refractivity contribution in [3.05, 3.63) is 23.8 Å². The highest BCUT2D eigenvalue weighted by Gasteiger charge is 2.65. The SMILES string of the molecule is CC(=O)OCC12CC(O)C3C(CC=C4CC(O)CC(O)C43C)C1CCC2C(C)C=CC(C)C(C)C. The van der Waals surface area contributed by atoms with Crippen LogP contribution in [0.15, 0.2) is 23.8 Å². The predicted molar refractivity (Wildman–Crippen MR) is 137 cm³/mol. The molecule has 0 aromatic carbocycles. The number of hydrogen-bond donors (Lipinski definition) is 3. The van der Waals surface area contributed by atoms with Crippen molar-refractivity contribution in [2.45, 2.75) is 98.4 Å². The fraction of sp³-hybridized carbons (Fsp3) is 0.833. The number of hydrogen-bond acceptors (Lipinski definition) is 5. The van der Waals surface area contributed by atoms with E-state index in [0.29, 0.717) is 55.5 Å². The molecular formula is C30H48O5. The van der Waals surface area contributed by atoms with Gasteiger partial charge in [0.2, 0.25) is 0 Å². The highest BCUT2D eigenvalue weighted by Crippen LogP contribution is 2.67. The average molecular weight is 489 g/mol. The summed E-state index contributed by atoms with van der Waals surface area (Å²) in [7, 11) is 0. The van der Waals surface area contributed by atoms with E-state index in [1.165, 1.54) is 6.92 Å². The van der Waals surface area contributed by atoms with Gasteiger partial charge in [-0.1, -0.05) is 58.4 Å². The van der Waals surface area contributed by atoms with Crippen LogP contribution in [0.1, 0.15) is 80.1 Å². The van der Waals surface area contributed by atoms with Gasteiger partial charge in [0.1, 0.15) is 0 Å². The minimum Gasteiger partial charge on any atom is -0.465 e. The maximum Gasteiger partial charge on any atom is 0.302 e. The first-order valence-corrected chi connectivity index (χ1v) is 14.0. The molecule has 4 aliphatic carbocycles. The van der Waals surface area contributed by atoms with Crippen LogP contribution < -0.4 is 0 Å².